The molecule has 0 fully saturated rings. The van der Waals surface area contributed by atoms with E-state index in [4.69, 9.17) is 13.9 Å². The average Bonchev–Trinajstić information content (AvgIpc) is 2.92. The lowest BCUT2D eigenvalue weighted by Crippen LogP contribution is -2.08. The Labute approximate surface area is 146 Å². The summed E-state index contributed by atoms with van der Waals surface area (Å²) in [6, 6.07) is 11.5. The minimum absolute atomic E-state index is 0.0153. The van der Waals surface area contributed by atoms with Crippen LogP contribution in [-0.2, 0) is 11.3 Å². The summed E-state index contributed by atoms with van der Waals surface area (Å²) in [5, 5.41) is 0.712. The van der Waals surface area contributed by atoms with Gasteiger partial charge in [0, 0.05) is 9.86 Å². The Balaban J connectivity index is 2.00. The summed E-state index contributed by atoms with van der Waals surface area (Å²) in [6.07, 6.45) is 0. The zero-order valence-corrected chi connectivity index (χ0v) is 14.4. The number of hydrogen-bond donors (Lipinski definition) is 0. The highest BCUT2D eigenvalue weighted by atomic mass is 79.9. The van der Waals surface area contributed by atoms with Crippen molar-refractivity contribution in [1.82, 2.24) is 0 Å². The third-order valence-corrected chi connectivity index (χ3v) is 3.92. The first-order valence-electron chi connectivity index (χ1n) is 7.35. The lowest BCUT2D eigenvalue weighted by Gasteiger charge is -2.07. The summed E-state index contributed by atoms with van der Waals surface area (Å²) < 4.78 is 30.7. The average molecular weight is 393 g/mol. The molecule has 4 nitrogen and oxygen atoms in total. The molecule has 3 rings (SSSR count). The first-order valence-corrected chi connectivity index (χ1v) is 8.14. The highest BCUT2D eigenvalue weighted by Gasteiger charge is 2.22. The normalized spacial score (nSPS) is 10.8. The van der Waals surface area contributed by atoms with Crippen LogP contribution in [0.5, 0.6) is 5.75 Å². The number of carbonyl (C=O) groups is 1. The Morgan fingerprint density at radius 1 is 1.25 bits per heavy atom. The maximum atomic E-state index is 13.7. The van der Waals surface area contributed by atoms with Gasteiger partial charge in [0.05, 0.1) is 12.2 Å². The van der Waals surface area contributed by atoms with Crippen molar-refractivity contribution in [2.75, 3.05) is 6.61 Å². The van der Waals surface area contributed by atoms with E-state index in [1.165, 1.54) is 12.1 Å². The van der Waals surface area contributed by atoms with Crippen molar-refractivity contribution >= 4 is 32.9 Å². The van der Waals surface area contributed by atoms with Crippen LogP contribution in [0.2, 0.25) is 0 Å². The number of fused-ring (bicyclic) bond motifs is 1. The smallest absolute Gasteiger partial charge is 0.374 e. The number of carbonyl (C=O) groups excluding carboxylic acids is 1. The van der Waals surface area contributed by atoms with E-state index in [-0.39, 0.29) is 24.7 Å². The predicted octanol–water partition coefficient (Wildman–Crippen LogP) is 5.09. The SMILES string of the molecule is CCOC(=O)c1oc2ccc(Br)cc2c1COc1ccccc1F. The maximum absolute atomic E-state index is 13.7. The minimum atomic E-state index is -0.572. The molecule has 24 heavy (non-hydrogen) atoms. The molecule has 0 aliphatic rings. The first-order chi connectivity index (χ1) is 11.6. The zero-order chi connectivity index (χ0) is 17.1. The van der Waals surface area contributed by atoms with Crippen molar-refractivity contribution in [3.8, 4) is 5.75 Å². The largest absolute Gasteiger partial charge is 0.486 e. The molecule has 0 radical (unpaired) electrons. The lowest BCUT2D eigenvalue weighted by molar-refractivity contribution is 0.0488. The fourth-order valence-corrected chi connectivity index (χ4v) is 2.70. The molecule has 0 bridgehead atoms. The van der Waals surface area contributed by atoms with E-state index < -0.39 is 11.8 Å². The fraction of sp³-hybridized carbons (Fsp3) is 0.167. The Morgan fingerprint density at radius 3 is 2.79 bits per heavy atom. The fourth-order valence-electron chi connectivity index (χ4n) is 2.34. The van der Waals surface area contributed by atoms with Gasteiger partial charge >= 0.3 is 5.97 Å². The summed E-state index contributed by atoms with van der Waals surface area (Å²) in [5.41, 5.74) is 1.06. The molecule has 0 saturated heterocycles. The molecule has 2 aromatic carbocycles. The van der Waals surface area contributed by atoms with Crippen LogP contribution < -0.4 is 4.74 Å². The van der Waals surface area contributed by atoms with Crippen LogP contribution in [0.15, 0.2) is 51.4 Å². The molecule has 0 spiro atoms. The van der Waals surface area contributed by atoms with Crippen molar-refractivity contribution < 1.29 is 23.1 Å². The summed E-state index contributed by atoms with van der Waals surface area (Å²) in [7, 11) is 0. The van der Waals surface area contributed by atoms with Gasteiger partial charge in [-0.05, 0) is 37.3 Å². The van der Waals surface area contributed by atoms with E-state index in [0.717, 1.165) is 4.47 Å². The summed E-state index contributed by atoms with van der Waals surface area (Å²) in [5.74, 6) is -0.862. The second-order valence-electron chi connectivity index (χ2n) is 4.99. The summed E-state index contributed by atoms with van der Waals surface area (Å²) in [4.78, 5) is 12.1. The minimum Gasteiger partial charge on any atom is -0.486 e. The molecule has 0 unspecified atom stereocenters. The van der Waals surface area contributed by atoms with Gasteiger partial charge in [0.1, 0.15) is 12.2 Å². The number of para-hydroxylation sites is 1. The number of halogens is 2. The number of esters is 1. The predicted molar refractivity (Wildman–Crippen MR) is 90.6 cm³/mol. The summed E-state index contributed by atoms with van der Waals surface area (Å²) in [6.45, 7) is 1.93. The Hall–Kier alpha value is -2.34. The highest BCUT2D eigenvalue weighted by Crippen LogP contribution is 2.30. The molecule has 0 atom stereocenters. The van der Waals surface area contributed by atoms with Gasteiger partial charge in [0.15, 0.2) is 11.6 Å². The van der Waals surface area contributed by atoms with Gasteiger partial charge in [0.2, 0.25) is 5.76 Å². The molecule has 1 heterocycles. The van der Waals surface area contributed by atoms with Gasteiger partial charge in [-0.2, -0.15) is 0 Å². The molecule has 0 amide bonds. The van der Waals surface area contributed by atoms with E-state index in [1.807, 2.05) is 12.1 Å². The van der Waals surface area contributed by atoms with Crippen LogP contribution >= 0.6 is 15.9 Å². The van der Waals surface area contributed by atoms with Crippen molar-refractivity contribution in [2.45, 2.75) is 13.5 Å². The molecule has 0 N–H and O–H groups in total. The number of rotatable bonds is 5. The van der Waals surface area contributed by atoms with E-state index in [1.54, 1.807) is 25.1 Å². The second-order valence-corrected chi connectivity index (χ2v) is 5.91. The van der Waals surface area contributed by atoms with E-state index in [0.29, 0.717) is 16.5 Å². The van der Waals surface area contributed by atoms with Crippen LogP contribution in [0, 0.1) is 5.82 Å². The monoisotopic (exact) mass is 392 g/mol. The van der Waals surface area contributed by atoms with Gasteiger partial charge in [-0.3, -0.25) is 0 Å². The number of hydrogen-bond acceptors (Lipinski definition) is 4. The Kier molecular flexibility index (Phi) is 4.85. The van der Waals surface area contributed by atoms with Gasteiger partial charge in [-0.1, -0.05) is 28.1 Å². The van der Waals surface area contributed by atoms with Crippen LogP contribution in [0.25, 0.3) is 11.0 Å². The van der Waals surface area contributed by atoms with Crippen LogP contribution in [-0.4, -0.2) is 12.6 Å². The van der Waals surface area contributed by atoms with Crippen LogP contribution in [0.1, 0.15) is 23.0 Å². The van der Waals surface area contributed by atoms with E-state index >= 15 is 0 Å². The maximum Gasteiger partial charge on any atom is 0.374 e. The van der Waals surface area contributed by atoms with Crippen molar-refractivity contribution in [1.29, 1.82) is 0 Å². The lowest BCUT2D eigenvalue weighted by atomic mass is 10.1. The third kappa shape index (κ3) is 3.28. The molecule has 0 aliphatic carbocycles. The van der Waals surface area contributed by atoms with Gasteiger partial charge in [-0.25, -0.2) is 9.18 Å². The molecular weight excluding hydrogens is 379 g/mol. The van der Waals surface area contributed by atoms with Gasteiger partial charge < -0.3 is 13.9 Å². The molecular formula is C18H14BrFO4. The van der Waals surface area contributed by atoms with Crippen molar-refractivity contribution in [3.05, 3.63) is 64.1 Å². The first kappa shape index (κ1) is 16.5. The van der Waals surface area contributed by atoms with E-state index in [2.05, 4.69) is 15.9 Å². The zero-order valence-electron chi connectivity index (χ0n) is 12.8. The molecule has 0 aliphatic heterocycles. The Morgan fingerprint density at radius 2 is 2.04 bits per heavy atom. The Bertz CT molecular complexity index is 888. The summed E-state index contributed by atoms with van der Waals surface area (Å²) >= 11 is 3.39. The van der Waals surface area contributed by atoms with Crippen LogP contribution in [0.3, 0.4) is 0 Å². The van der Waals surface area contributed by atoms with Crippen molar-refractivity contribution in [3.63, 3.8) is 0 Å². The van der Waals surface area contributed by atoms with Crippen molar-refractivity contribution in [2.24, 2.45) is 0 Å². The van der Waals surface area contributed by atoms with Gasteiger partial charge in [-0.15, -0.1) is 0 Å². The second kappa shape index (κ2) is 7.05. The quantitative estimate of drug-likeness (QED) is 0.567. The molecule has 0 saturated carbocycles. The molecule has 124 valence electrons. The highest BCUT2D eigenvalue weighted by molar-refractivity contribution is 9.10. The van der Waals surface area contributed by atoms with E-state index in [9.17, 15) is 9.18 Å². The number of ether oxygens (including phenoxy) is 2. The van der Waals surface area contributed by atoms with Gasteiger partial charge in [0.25, 0.3) is 0 Å². The van der Waals surface area contributed by atoms with Crippen LogP contribution in [0.4, 0.5) is 4.39 Å². The molecule has 1 aromatic heterocycles. The molecule has 6 heteroatoms. The number of benzene rings is 2. The number of furan rings is 1. The topological polar surface area (TPSA) is 48.7 Å². The third-order valence-electron chi connectivity index (χ3n) is 3.42. The molecule has 3 aromatic rings. The standard InChI is InChI=1S/C18H14BrFO4/c1-2-22-18(21)17-13(10-23-16-6-4-3-5-14(16)20)12-9-11(19)7-8-15(12)24-17/h3-9H,2,10H2,1H3.